The van der Waals surface area contributed by atoms with E-state index in [9.17, 15) is 14.9 Å². The zero-order chi connectivity index (χ0) is 11.5. The zero-order valence-corrected chi connectivity index (χ0v) is 8.63. The van der Waals surface area contributed by atoms with Crippen LogP contribution in [0.4, 0.5) is 11.5 Å². The SMILES string of the molecule is O=C1CCCN(c2ncccc2[N+](=O)[O-])C1. The number of hydrogen-bond acceptors (Lipinski definition) is 5. The molecular formula is C10H11N3O3. The van der Waals surface area contributed by atoms with E-state index in [1.807, 2.05) is 0 Å². The van der Waals surface area contributed by atoms with E-state index in [4.69, 9.17) is 0 Å². The van der Waals surface area contributed by atoms with Crippen molar-refractivity contribution in [3.05, 3.63) is 28.4 Å². The summed E-state index contributed by atoms with van der Waals surface area (Å²) < 4.78 is 0. The average molecular weight is 221 g/mol. The van der Waals surface area contributed by atoms with E-state index in [2.05, 4.69) is 4.98 Å². The lowest BCUT2D eigenvalue weighted by Crippen LogP contribution is -2.36. The molecule has 1 saturated heterocycles. The number of hydrogen-bond donors (Lipinski definition) is 0. The van der Waals surface area contributed by atoms with Crippen molar-refractivity contribution in [1.29, 1.82) is 0 Å². The number of rotatable bonds is 2. The molecule has 0 unspecified atom stereocenters. The first-order valence-electron chi connectivity index (χ1n) is 5.04. The van der Waals surface area contributed by atoms with Gasteiger partial charge in [0.25, 0.3) is 0 Å². The molecule has 6 heteroatoms. The Kier molecular flexibility index (Phi) is 2.80. The van der Waals surface area contributed by atoms with Gasteiger partial charge in [0.2, 0.25) is 5.82 Å². The van der Waals surface area contributed by atoms with Crippen molar-refractivity contribution in [3.8, 4) is 0 Å². The summed E-state index contributed by atoms with van der Waals surface area (Å²) >= 11 is 0. The summed E-state index contributed by atoms with van der Waals surface area (Å²) in [5, 5.41) is 10.8. The Morgan fingerprint density at radius 3 is 3.00 bits per heavy atom. The normalized spacial score (nSPS) is 16.2. The van der Waals surface area contributed by atoms with Gasteiger partial charge >= 0.3 is 5.69 Å². The van der Waals surface area contributed by atoms with Crippen molar-refractivity contribution < 1.29 is 9.72 Å². The van der Waals surface area contributed by atoms with Gasteiger partial charge in [0, 0.05) is 25.2 Å². The van der Waals surface area contributed by atoms with E-state index in [0.29, 0.717) is 18.8 Å². The van der Waals surface area contributed by atoms with Crippen molar-refractivity contribution in [1.82, 2.24) is 4.98 Å². The van der Waals surface area contributed by atoms with Gasteiger partial charge in [-0.15, -0.1) is 0 Å². The maximum Gasteiger partial charge on any atom is 0.311 e. The van der Waals surface area contributed by atoms with Gasteiger partial charge < -0.3 is 4.90 Å². The Bertz CT molecular complexity index is 433. The predicted octanol–water partition coefficient (Wildman–Crippen LogP) is 1.16. The summed E-state index contributed by atoms with van der Waals surface area (Å²) in [6.45, 7) is 0.863. The highest BCUT2D eigenvalue weighted by Crippen LogP contribution is 2.26. The third kappa shape index (κ3) is 2.00. The molecule has 1 aliphatic heterocycles. The number of anilines is 1. The monoisotopic (exact) mass is 221 g/mol. The van der Waals surface area contributed by atoms with Crippen LogP contribution in [0, 0.1) is 10.1 Å². The number of carbonyl (C=O) groups is 1. The molecule has 6 nitrogen and oxygen atoms in total. The van der Waals surface area contributed by atoms with Gasteiger partial charge in [0.1, 0.15) is 0 Å². The van der Waals surface area contributed by atoms with Crippen molar-refractivity contribution in [3.63, 3.8) is 0 Å². The molecule has 0 aliphatic carbocycles. The Labute approximate surface area is 92.0 Å². The Hall–Kier alpha value is -1.98. The van der Waals surface area contributed by atoms with Crippen LogP contribution in [0.1, 0.15) is 12.8 Å². The molecule has 1 aromatic rings. The second-order valence-corrected chi connectivity index (χ2v) is 3.67. The van der Waals surface area contributed by atoms with Crippen LogP contribution in [0.15, 0.2) is 18.3 Å². The zero-order valence-electron chi connectivity index (χ0n) is 8.63. The lowest BCUT2D eigenvalue weighted by molar-refractivity contribution is -0.384. The van der Waals surface area contributed by atoms with Gasteiger partial charge in [0.05, 0.1) is 11.5 Å². The van der Waals surface area contributed by atoms with Gasteiger partial charge in [-0.05, 0) is 12.5 Å². The highest BCUT2D eigenvalue weighted by atomic mass is 16.6. The van der Waals surface area contributed by atoms with E-state index in [1.165, 1.54) is 18.3 Å². The minimum atomic E-state index is -0.471. The fourth-order valence-corrected chi connectivity index (χ4v) is 1.79. The minimum absolute atomic E-state index is 0.0443. The number of carbonyl (C=O) groups excluding carboxylic acids is 1. The lowest BCUT2D eigenvalue weighted by atomic mass is 10.1. The first-order chi connectivity index (χ1) is 7.68. The molecule has 1 fully saturated rings. The molecule has 0 saturated carbocycles. The van der Waals surface area contributed by atoms with E-state index < -0.39 is 4.92 Å². The van der Waals surface area contributed by atoms with Crippen LogP contribution in [0.2, 0.25) is 0 Å². The van der Waals surface area contributed by atoms with E-state index >= 15 is 0 Å². The van der Waals surface area contributed by atoms with Crippen molar-refractivity contribution in [2.24, 2.45) is 0 Å². The molecule has 2 rings (SSSR count). The molecule has 0 radical (unpaired) electrons. The maximum atomic E-state index is 11.3. The highest BCUT2D eigenvalue weighted by molar-refractivity contribution is 5.85. The molecule has 1 aromatic heterocycles. The fraction of sp³-hybridized carbons (Fsp3) is 0.400. The van der Waals surface area contributed by atoms with Gasteiger partial charge in [-0.3, -0.25) is 14.9 Å². The minimum Gasteiger partial charge on any atom is -0.344 e. The first kappa shape index (κ1) is 10.5. The number of nitro groups is 1. The number of pyridine rings is 1. The summed E-state index contributed by atoms with van der Waals surface area (Å²) in [7, 11) is 0. The van der Waals surface area contributed by atoms with Crippen LogP contribution in [-0.2, 0) is 4.79 Å². The number of aromatic nitrogens is 1. The highest BCUT2D eigenvalue weighted by Gasteiger charge is 2.24. The average Bonchev–Trinajstić information content (AvgIpc) is 2.29. The number of Topliss-reactive ketones (excluding diaryl/α,β-unsaturated/α-hetero) is 1. The summed E-state index contributed by atoms with van der Waals surface area (Å²) in [6, 6.07) is 2.93. The molecule has 0 N–H and O–H groups in total. The third-order valence-corrected chi connectivity index (χ3v) is 2.51. The van der Waals surface area contributed by atoms with Gasteiger partial charge in [-0.25, -0.2) is 4.98 Å². The molecule has 0 bridgehead atoms. The second kappa shape index (κ2) is 4.26. The van der Waals surface area contributed by atoms with Crippen LogP contribution < -0.4 is 4.90 Å². The standard InChI is InChI=1S/C10H11N3O3/c14-8-3-2-6-12(7-8)10-9(13(15)16)4-1-5-11-10/h1,4-5H,2-3,6-7H2. The molecule has 0 aromatic carbocycles. The number of ketones is 1. The summed E-state index contributed by atoms with van der Waals surface area (Å²) in [5.74, 6) is 0.395. The quantitative estimate of drug-likeness (QED) is 0.553. The molecule has 1 aliphatic rings. The molecule has 2 heterocycles. The van der Waals surface area contributed by atoms with Crippen LogP contribution in [-0.4, -0.2) is 28.8 Å². The van der Waals surface area contributed by atoms with Crippen LogP contribution in [0.25, 0.3) is 0 Å². The first-order valence-corrected chi connectivity index (χ1v) is 5.04. The third-order valence-electron chi connectivity index (χ3n) is 2.51. The summed E-state index contributed by atoms with van der Waals surface area (Å²) in [5.41, 5.74) is -0.0443. The van der Waals surface area contributed by atoms with Crippen LogP contribution >= 0.6 is 0 Å². The summed E-state index contributed by atoms with van der Waals surface area (Å²) in [4.78, 5) is 27.3. The molecule has 0 spiro atoms. The van der Waals surface area contributed by atoms with E-state index in [-0.39, 0.29) is 18.0 Å². The predicted molar refractivity (Wildman–Crippen MR) is 57.3 cm³/mol. The van der Waals surface area contributed by atoms with Crippen molar-refractivity contribution >= 4 is 17.3 Å². The van der Waals surface area contributed by atoms with Crippen LogP contribution in [0.5, 0.6) is 0 Å². The fourth-order valence-electron chi connectivity index (χ4n) is 1.79. The lowest BCUT2D eigenvalue weighted by Gasteiger charge is -2.26. The molecule has 84 valence electrons. The number of nitrogens with zero attached hydrogens (tertiary/aromatic N) is 3. The van der Waals surface area contributed by atoms with Crippen LogP contribution in [0.3, 0.4) is 0 Å². The second-order valence-electron chi connectivity index (χ2n) is 3.67. The molecule has 16 heavy (non-hydrogen) atoms. The summed E-state index contributed by atoms with van der Waals surface area (Å²) in [6.07, 6.45) is 2.78. The van der Waals surface area contributed by atoms with Gasteiger partial charge in [-0.1, -0.05) is 0 Å². The smallest absolute Gasteiger partial charge is 0.311 e. The van der Waals surface area contributed by atoms with E-state index in [1.54, 1.807) is 4.90 Å². The molecule has 0 amide bonds. The Balaban J connectivity index is 2.32. The number of piperidine rings is 1. The van der Waals surface area contributed by atoms with Crippen molar-refractivity contribution in [2.45, 2.75) is 12.8 Å². The Morgan fingerprint density at radius 2 is 2.31 bits per heavy atom. The van der Waals surface area contributed by atoms with Gasteiger partial charge in [0.15, 0.2) is 5.78 Å². The van der Waals surface area contributed by atoms with Gasteiger partial charge in [-0.2, -0.15) is 0 Å². The van der Waals surface area contributed by atoms with Crippen molar-refractivity contribution in [2.75, 3.05) is 18.0 Å². The van der Waals surface area contributed by atoms with E-state index in [0.717, 1.165) is 6.42 Å². The topological polar surface area (TPSA) is 76.3 Å². The maximum absolute atomic E-state index is 11.3. The molecule has 0 atom stereocenters. The largest absolute Gasteiger partial charge is 0.344 e. The molecular weight excluding hydrogens is 210 g/mol. The Morgan fingerprint density at radius 1 is 1.50 bits per heavy atom.